The van der Waals surface area contributed by atoms with Gasteiger partial charge in [0, 0.05) is 13.2 Å². The highest BCUT2D eigenvalue weighted by Gasteiger charge is 2.10. The van der Waals surface area contributed by atoms with E-state index in [1.54, 1.807) is 19.2 Å². The fourth-order valence-corrected chi connectivity index (χ4v) is 1.19. The summed E-state index contributed by atoms with van der Waals surface area (Å²) in [5.74, 6) is 0.275. The maximum Gasteiger partial charge on any atom is 0.241 e. The molecule has 100 valence electrons. The number of amides is 1. The van der Waals surface area contributed by atoms with E-state index in [2.05, 4.69) is 10.3 Å². The van der Waals surface area contributed by atoms with Crippen molar-refractivity contribution >= 4 is 11.6 Å². The molecule has 0 unspecified atom stereocenters. The Kier molecular flexibility index (Phi) is 6.10. The normalized spacial score (nSPS) is 11.9. The van der Waals surface area contributed by atoms with Crippen LogP contribution >= 0.6 is 0 Å². The zero-order valence-electron chi connectivity index (χ0n) is 10.7. The summed E-state index contributed by atoms with van der Waals surface area (Å²) in [6.07, 6.45) is 2.12. The van der Waals surface area contributed by atoms with Crippen molar-refractivity contribution in [3.63, 3.8) is 0 Å². The van der Waals surface area contributed by atoms with Gasteiger partial charge in [-0.15, -0.1) is 0 Å². The number of nitrogens with two attached hydrogens (primary N) is 1. The van der Waals surface area contributed by atoms with E-state index in [0.717, 1.165) is 0 Å². The molecule has 18 heavy (non-hydrogen) atoms. The van der Waals surface area contributed by atoms with Gasteiger partial charge in [0.25, 0.3) is 0 Å². The molecule has 0 bridgehead atoms. The second-order valence-corrected chi connectivity index (χ2v) is 3.73. The number of nitrogens with one attached hydrogen (secondary N) is 1. The van der Waals surface area contributed by atoms with E-state index in [-0.39, 0.29) is 5.91 Å². The summed E-state index contributed by atoms with van der Waals surface area (Å²) < 4.78 is 10.2. The molecule has 3 N–H and O–H groups in total. The van der Waals surface area contributed by atoms with Crippen LogP contribution in [0.5, 0.6) is 5.88 Å². The number of methoxy groups -OCH3 is 1. The Balaban J connectivity index is 2.47. The molecule has 0 aliphatic rings. The van der Waals surface area contributed by atoms with Gasteiger partial charge >= 0.3 is 0 Å². The molecule has 1 rings (SSSR count). The van der Waals surface area contributed by atoms with Gasteiger partial charge in [-0.05, 0) is 12.5 Å². The predicted octanol–water partition coefficient (Wildman–Crippen LogP) is 0.783. The molecule has 6 nitrogen and oxygen atoms in total. The number of anilines is 1. The highest BCUT2D eigenvalue weighted by molar-refractivity contribution is 5.94. The van der Waals surface area contributed by atoms with Gasteiger partial charge < -0.3 is 20.5 Å². The maximum absolute atomic E-state index is 11.5. The van der Waals surface area contributed by atoms with Gasteiger partial charge in [0.05, 0.1) is 24.5 Å². The summed E-state index contributed by atoms with van der Waals surface area (Å²) in [6, 6.07) is 2.90. The van der Waals surface area contributed by atoms with Crippen molar-refractivity contribution in [3.05, 3.63) is 18.3 Å². The zero-order valence-corrected chi connectivity index (χ0v) is 10.7. The van der Waals surface area contributed by atoms with Gasteiger partial charge in [0.2, 0.25) is 11.8 Å². The van der Waals surface area contributed by atoms with Crippen LogP contribution in [0, 0.1) is 0 Å². The average Bonchev–Trinajstić information content (AvgIpc) is 2.40. The average molecular weight is 253 g/mol. The number of pyridine rings is 1. The van der Waals surface area contributed by atoms with Crippen molar-refractivity contribution in [1.29, 1.82) is 0 Å². The molecule has 1 amide bonds. The molecule has 6 heteroatoms. The van der Waals surface area contributed by atoms with Crippen LogP contribution in [0.15, 0.2) is 18.3 Å². The number of carbonyl (C=O) groups excluding carboxylic acids is 1. The lowest BCUT2D eigenvalue weighted by atomic mass is 10.2. The number of ether oxygens (including phenoxy) is 2. The molecule has 1 aromatic heterocycles. The SMILES string of the molecule is CC[C@@H](N)C(=O)Nc1ccc(OCCOC)nc1. The van der Waals surface area contributed by atoms with Crippen molar-refractivity contribution in [3.8, 4) is 5.88 Å². The van der Waals surface area contributed by atoms with E-state index in [0.29, 0.717) is 31.2 Å². The fourth-order valence-electron chi connectivity index (χ4n) is 1.19. The molecule has 0 aromatic carbocycles. The van der Waals surface area contributed by atoms with Crippen LogP contribution in [-0.2, 0) is 9.53 Å². The molecule has 0 spiro atoms. The largest absolute Gasteiger partial charge is 0.475 e. The third kappa shape index (κ3) is 4.68. The van der Waals surface area contributed by atoms with E-state index in [4.69, 9.17) is 15.2 Å². The molecule has 0 aliphatic carbocycles. The summed E-state index contributed by atoms with van der Waals surface area (Å²) in [5.41, 5.74) is 6.20. The monoisotopic (exact) mass is 253 g/mol. The van der Waals surface area contributed by atoms with E-state index in [9.17, 15) is 4.79 Å². The summed E-state index contributed by atoms with van der Waals surface area (Å²) in [5, 5.41) is 2.68. The molecular weight excluding hydrogens is 234 g/mol. The van der Waals surface area contributed by atoms with E-state index in [1.165, 1.54) is 6.20 Å². The van der Waals surface area contributed by atoms with Gasteiger partial charge in [0.15, 0.2) is 0 Å². The van der Waals surface area contributed by atoms with Crippen molar-refractivity contribution < 1.29 is 14.3 Å². The number of hydrogen-bond donors (Lipinski definition) is 2. The van der Waals surface area contributed by atoms with Crippen LogP contribution in [0.2, 0.25) is 0 Å². The number of aromatic nitrogens is 1. The predicted molar refractivity (Wildman–Crippen MR) is 68.5 cm³/mol. The van der Waals surface area contributed by atoms with Crippen molar-refractivity contribution in [1.82, 2.24) is 4.98 Å². The van der Waals surface area contributed by atoms with Gasteiger partial charge in [-0.2, -0.15) is 0 Å². The number of nitrogens with zero attached hydrogens (tertiary/aromatic N) is 1. The fraction of sp³-hybridized carbons (Fsp3) is 0.500. The van der Waals surface area contributed by atoms with Crippen LogP contribution in [-0.4, -0.2) is 37.3 Å². The van der Waals surface area contributed by atoms with Crippen LogP contribution in [0.1, 0.15) is 13.3 Å². The Morgan fingerprint density at radius 2 is 2.28 bits per heavy atom. The van der Waals surface area contributed by atoms with E-state index >= 15 is 0 Å². The summed E-state index contributed by atoms with van der Waals surface area (Å²) in [7, 11) is 1.60. The maximum atomic E-state index is 11.5. The zero-order chi connectivity index (χ0) is 13.4. The minimum atomic E-state index is -0.498. The minimum absolute atomic E-state index is 0.215. The van der Waals surface area contributed by atoms with Crippen molar-refractivity contribution in [2.24, 2.45) is 5.73 Å². The topological polar surface area (TPSA) is 86.5 Å². The Hall–Kier alpha value is -1.66. The van der Waals surface area contributed by atoms with Crippen LogP contribution < -0.4 is 15.8 Å². The number of carbonyl (C=O) groups is 1. The summed E-state index contributed by atoms with van der Waals surface area (Å²) in [4.78, 5) is 15.6. The van der Waals surface area contributed by atoms with Crippen LogP contribution in [0.3, 0.4) is 0 Å². The smallest absolute Gasteiger partial charge is 0.241 e. The Labute approximate surface area is 106 Å². The number of rotatable bonds is 7. The Morgan fingerprint density at radius 1 is 1.50 bits per heavy atom. The van der Waals surface area contributed by atoms with Crippen LogP contribution in [0.4, 0.5) is 5.69 Å². The van der Waals surface area contributed by atoms with Crippen molar-refractivity contribution in [2.45, 2.75) is 19.4 Å². The molecule has 0 radical (unpaired) electrons. The second-order valence-electron chi connectivity index (χ2n) is 3.73. The van der Waals surface area contributed by atoms with E-state index < -0.39 is 6.04 Å². The molecule has 1 heterocycles. The minimum Gasteiger partial charge on any atom is -0.475 e. The lowest BCUT2D eigenvalue weighted by molar-refractivity contribution is -0.117. The van der Waals surface area contributed by atoms with Gasteiger partial charge in [-0.3, -0.25) is 4.79 Å². The quantitative estimate of drug-likeness (QED) is 0.701. The summed E-state index contributed by atoms with van der Waals surface area (Å²) in [6.45, 7) is 2.80. The van der Waals surface area contributed by atoms with E-state index in [1.807, 2.05) is 6.92 Å². The molecule has 0 fully saturated rings. The standard InChI is InChI=1S/C12H19N3O3/c1-3-10(13)12(16)15-9-4-5-11(14-8-9)18-7-6-17-2/h4-5,8,10H,3,6-7,13H2,1-2H3,(H,15,16)/t10-/m1/s1. The first-order chi connectivity index (χ1) is 8.67. The third-order valence-corrected chi connectivity index (χ3v) is 2.32. The first kappa shape index (κ1) is 14.4. The number of hydrogen-bond acceptors (Lipinski definition) is 5. The second kappa shape index (κ2) is 7.62. The lowest BCUT2D eigenvalue weighted by Crippen LogP contribution is -2.34. The first-order valence-electron chi connectivity index (χ1n) is 5.81. The van der Waals surface area contributed by atoms with Crippen LogP contribution in [0.25, 0.3) is 0 Å². The molecular formula is C12H19N3O3. The Morgan fingerprint density at radius 3 is 2.83 bits per heavy atom. The molecule has 1 aromatic rings. The molecule has 0 saturated carbocycles. The third-order valence-electron chi connectivity index (χ3n) is 2.32. The highest BCUT2D eigenvalue weighted by atomic mass is 16.5. The molecule has 0 aliphatic heterocycles. The molecule has 0 saturated heterocycles. The Bertz CT molecular complexity index is 367. The molecule has 1 atom stereocenters. The first-order valence-corrected chi connectivity index (χ1v) is 5.81. The highest BCUT2D eigenvalue weighted by Crippen LogP contribution is 2.11. The van der Waals surface area contributed by atoms with Gasteiger partial charge in [0.1, 0.15) is 6.61 Å². The van der Waals surface area contributed by atoms with Gasteiger partial charge in [-0.25, -0.2) is 4.98 Å². The lowest BCUT2D eigenvalue weighted by Gasteiger charge is -2.10. The van der Waals surface area contributed by atoms with Crippen molar-refractivity contribution in [2.75, 3.05) is 25.6 Å². The van der Waals surface area contributed by atoms with Gasteiger partial charge in [-0.1, -0.05) is 6.92 Å². The summed E-state index contributed by atoms with van der Waals surface area (Å²) >= 11 is 0.